The van der Waals surface area contributed by atoms with Crippen LogP contribution in [0.25, 0.3) is 0 Å². The molecule has 0 saturated carbocycles. The summed E-state index contributed by atoms with van der Waals surface area (Å²) >= 11 is 0. The van der Waals surface area contributed by atoms with Crippen LogP contribution in [-0.2, 0) is 14.3 Å². The highest BCUT2D eigenvalue weighted by molar-refractivity contribution is 5.82. The van der Waals surface area contributed by atoms with E-state index in [0.717, 1.165) is 0 Å². The van der Waals surface area contributed by atoms with E-state index in [1.807, 2.05) is 6.92 Å². The number of amides is 2. The normalized spacial score (nSPS) is 21.1. The first-order valence-corrected chi connectivity index (χ1v) is 6.10. The number of hydrogen-bond donors (Lipinski definition) is 3. The molecule has 0 spiro atoms. The molecule has 1 aliphatic heterocycles. The van der Waals surface area contributed by atoms with E-state index in [0.29, 0.717) is 39.2 Å². The lowest BCUT2D eigenvalue weighted by molar-refractivity contribution is -0.139. The largest absolute Gasteiger partial charge is 0.480 e. The molecule has 7 heteroatoms. The van der Waals surface area contributed by atoms with Gasteiger partial charge in [-0.25, -0.2) is 9.59 Å². The Bertz CT molecular complexity index is 279. The van der Waals surface area contributed by atoms with Gasteiger partial charge in [0.1, 0.15) is 6.04 Å². The van der Waals surface area contributed by atoms with Crippen LogP contribution in [0, 0.1) is 0 Å². The van der Waals surface area contributed by atoms with E-state index in [1.54, 1.807) is 0 Å². The van der Waals surface area contributed by atoms with Crippen molar-refractivity contribution in [1.29, 1.82) is 0 Å². The molecule has 104 valence electrons. The van der Waals surface area contributed by atoms with Gasteiger partial charge in [0.05, 0.1) is 25.9 Å². The second kappa shape index (κ2) is 7.88. The highest BCUT2D eigenvalue weighted by atomic mass is 16.6. The summed E-state index contributed by atoms with van der Waals surface area (Å²) in [6.07, 6.45) is 0.932. The number of carboxylic acid groups (broad SMARTS) is 1. The van der Waals surface area contributed by atoms with Gasteiger partial charge in [-0.05, 0) is 6.42 Å². The average molecular weight is 260 g/mol. The molecule has 3 N–H and O–H groups in total. The lowest BCUT2D eigenvalue weighted by atomic mass is 10.2. The Kier molecular flexibility index (Phi) is 6.45. The van der Waals surface area contributed by atoms with Gasteiger partial charge in [0, 0.05) is 6.54 Å². The van der Waals surface area contributed by atoms with Crippen LogP contribution in [0.15, 0.2) is 0 Å². The van der Waals surface area contributed by atoms with Crippen LogP contribution in [0.4, 0.5) is 4.79 Å². The first-order valence-electron chi connectivity index (χ1n) is 6.10. The van der Waals surface area contributed by atoms with Gasteiger partial charge in [0.25, 0.3) is 0 Å². The third-order valence-electron chi connectivity index (χ3n) is 2.56. The van der Waals surface area contributed by atoms with Gasteiger partial charge in [-0.1, -0.05) is 13.3 Å². The minimum atomic E-state index is -1.02. The molecule has 0 aromatic heterocycles. The number of carbonyl (C=O) groups is 2. The van der Waals surface area contributed by atoms with Gasteiger partial charge in [-0.3, -0.25) is 0 Å². The molecule has 1 rings (SSSR count). The van der Waals surface area contributed by atoms with Crippen molar-refractivity contribution in [2.45, 2.75) is 31.9 Å². The molecular formula is C11H20N2O5. The van der Waals surface area contributed by atoms with Crippen LogP contribution in [0.3, 0.4) is 0 Å². The third-order valence-corrected chi connectivity index (χ3v) is 2.56. The zero-order valence-electron chi connectivity index (χ0n) is 10.5. The summed E-state index contributed by atoms with van der Waals surface area (Å²) in [7, 11) is 0. The maximum absolute atomic E-state index is 11.5. The van der Waals surface area contributed by atoms with Crippen molar-refractivity contribution >= 4 is 12.0 Å². The quantitative estimate of drug-likeness (QED) is 0.622. The van der Waals surface area contributed by atoms with Gasteiger partial charge < -0.3 is 25.2 Å². The first-order chi connectivity index (χ1) is 8.63. The van der Waals surface area contributed by atoms with Gasteiger partial charge in [-0.2, -0.15) is 0 Å². The van der Waals surface area contributed by atoms with E-state index < -0.39 is 18.0 Å². The second-order valence-corrected chi connectivity index (χ2v) is 4.10. The van der Waals surface area contributed by atoms with E-state index in [-0.39, 0.29) is 6.10 Å². The Hall–Kier alpha value is -1.34. The monoisotopic (exact) mass is 260 g/mol. The molecule has 7 nitrogen and oxygen atoms in total. The molecule has 0 bridgehead atoms. The molecule has 1 heterocycles. The Morgan fingerprint density at radius 3 is 2.78 bits per heavy atom. The van der Waals surface area contributed by atoms with Crippen molar-refractivity contribution in [3.05, 3.63) is 0 Å². The summed E-state index contributed by atoms with van der Waals surface area (Å²) in [6, 6.07) is -1.34. The highest BCUT2D eigenvalue weighted by Crippen LogP contribution is 1.99. The van der Waals surface area contributed by atoms with Crippen molar-refractivity contribution in [3.8, 4) is 0 Å². The zero-order chi connectivity index (χ0) is 13.4. The van der Waals surface area contributed by atoms with Gasteiger partial charge in [0.15, 0.2) is 0 Å². The molecule has 1 saturated heterocycles. The number of rotatable bonds is 6. The summed E-state index contributed by atoms with van der Waals surface area (Å²) in [4.78, 5) is 22.3. The topological polar surface area (TPSA) is 96.9 Å². The van der Waals surface area contributed by atoms with E-state index >= 15 is 0 Å². The van der Waals surface area contributed by atoms with Crippen molar-refractivity contribution < 1.29 is 24.2 Å². The lowest BCUT2D eigenvalue weighted by Gasteiger charge is -2.23. The maximum Gasteiger partial charge on any atom is 0.326 e. The Morgan fingerprint density at radius 1 is 1.44 bits per heavy atom. The smallest absolute Gasteiger partial charge is 0.326 e. The number of aliphatic carboxylic acids is 1. The molecule has 0 aliphatic carbocycles. The molecular weight excluding hydrogens is 240 g/mol. The lowest BCUT2D eigenvalue weighted by Crippen LogP contribution is -2.49. The number of nitrogens with one attached hydrogen (secondary N) is 2. The summed E-state index contributed by atoms with van der Waals surface area (Å²) in [5.74, 6) is -1.02. The summed E-state index contributed by atoms with van der Waals surface area (Å²) in [5.41, 5.74) is 0. The molecule has 1 fully saturated rings. The predicted molar refractivity (Wildman–Crippen MR) is 63.4 cm³/mol. The summed E-state index contributed by atoms with van der Waals surface area (Å²) < 4.78 is 10.5. The molecule has 2 amide bonds. The number of ether oxygens (including phenoxy) is 2. The summed E-state index contributed by atoms with van der Waals surface area (Å²) in [6.45, 7) is 3.70. The van der Waals surface area contributed by atoms with E-state index in [1.165, 1.54) is 0 Å². The minimum absolute atomic E-state index is 0.168. The van der Waals surface area contributed by atoms with Crippen molar-refractivity contribution in [3.63, 3.8) is 0 Å². The zero-order valence-corrected chi connectivity index (χ0v) is 10.5. The second-order valence-electron chi connectivity index (χ2n) is 4.10. The fourth-order valence-corrected chi connectivity index (χ4v) is 1.62. The molecule has 1 unspecified atom stereocenters. The Balaban J connectivity index is 2.24. The van der Waals surface area contributed by atoms with Crippen LogP contribution >= 0.6 is 0 Å². The molecule has 2 atom stereocenters. The fraction of sp³-hybridized carbons (Fsp3) is 0.818. The molecule has 0 radical (unpaired) electrons. The van der Waals surface area contributed by atoms with Crippen LogP contribution in [0.1, 0.15) is 19.8 Å². The van der Waals surface area contributed by atoms with E-state index in [4.69, 9.17) is 14.6 Å². The molecule has 18 heavy (non-hydrogen) atoms. The number of carbonyl (C=O) groups excluding carboxylic acids is 1. The Labute approximate surface area is 106 Å². The molecule has 1 aliphatic rings. The van der Waals surface area contributed by atoms with Crippen molar-refractivity contribution in [1.82, 2.24) is 10.6 Å². The molecule has 0 aromatic carbocycles. The first kappa shape index (κ1) is 14.7. The average Bonchev–Trinajstić information content (AvgIpc) is 2.37. The predicted octanol–water partition coefficient (Wildman–Crippen LogP) is -0.0457. The SMILES string of the molecule is CCC[C@@H](NC(=O)NCC1COCCO1)C(=O)O. The van der Waals surface area contributed by atoms with Crippen molar-refractivity contribution in [2.24, 2.45) is 0 Å². The fourth-order valence-electron chi connectivity index (χ4n) is 1.62. The number of urea groups is 1. The highest BCUT2D eigenvalue weighted by Gasteiger charge is 2.20. The Morgan fingerprint density at radius 2 is 2.22 bits per heavy atom. The van der Waals surface area contributed by atoms with E-state index in [9.17, 15) is 9.59 Å². The van der Waals surface area contributed by atoms with Crippen LogP contribution in [0.5, 0.6) is 0 Å². The van der Waals surface area contributed by atoms with Gasteiger partial charge >= 0.3 is 12.0 Å². The minimum Gasteiger partial charge on any atom is -0.480 e. The van der Waals surface area contributed by atoms with Crippen LogP contribution < -0.4 is 10.6 Å². The standard InChI is InChI=1S/C11H20N2O5/c1-2-3-9(10(14)15)13-11(16)12-6-8-7-17-4-5-18-8/h8-9H,2-7H2,1H3,(H,14,15)(H2,12,13,16)/t8?,9-/m1/s1. The van der Waals surface area contributed by atoms with Gasteiger partial charge in [0.2, 0.25) is 0 Å². The van der Waals surface area contributed by atoms with Gasteiger partial charge in [-0.15, -0.1) is 0 Å². The van der Waals surface area contributed by atoms with Crippen molar-refractivity contribution in [2.75, 3.05) is 26.4 Å². The number of hydrogen-bond acceptors (Lipinski definition) is 4. The number of carboxylic acids is 1. The third kappa shape index (κ3) is 5.33. The summed E-state index contributed by atoms with van der Waals surface area (Å²) in [5, 5.41) is 13.9. The van der Waals surface area contributed by atoms with Crippen LogP contribution in [0.2, 0.25) is 0 Å². The van der Waals surface area contributed by atoms with Crippen LogP contribution in [-0.4, -0.2) is 55.6 Å². The maximum atomic E-state index is 11.5. The van der Waals surface area contributed by atoms with E-state index in [2.05, 4.69) is 10.6 Å². The molecule has 0 aromatic rings.